The Morgan fingerprint density at radius 1 is 0.667 bits per heavy atom. The summed E-state index contributed by atoms with van der Waals surface area (Å²) >= 11 is 0. The highest BCUT2D eigenvalue weighted by atomic mass is 16.1. The Morgan fingerprint density at radius 3 is 1.61 bits per heavy atom. The van der Waals surface area contributed by atoms with E-state index in [2.05, 4.69) is 0 Å². The van der Waals surface area contributed by atoms with Crippen molar-refractivity contribution in [2.24, 2.45) is 0 Å². The van der Waals surface area contributed by atoms with Crippen LogP contribution in [0.15, 0.2) is 60.7 Å². The number of hydrogen-bond donors (Lipinski definition) is 0. The van der Waals surface area contributed by atoms with Crippen LogP contribution in [0, 0.1) is 0 Å². The van der Waals surface area contributed by atoms with Crippen LogP contribution in [0.4, 0.5) is 0 Å². The highest BCUT2D eigenvalue weighted by molar-refractivity contribution is 5.67. The van der Waals surface area contributed by atoms with Gasteiger partial charge < -0.3 is 0 Å². The Labute approximate surface area is 107 Å². The van der Waals surface area contributed by atoms with Crippen molar-refractivity contribution in [2.75, 3.05) is 0 Å². The van der Waals surface area contributed by atoms with E-state index in [1.165, 1.54) is 12.2 Å². The van der Waals surface area contributed by atoms with E-state index in [-0.39, 0.29) is 0 Å². The molecule has 1 rings (SSSR count). The first kappa shape index (κ1) is 13.6. The van der Waals surface area contributed by atoms with E-state index in [1.807, 2.05) is 48.6 Å². The van der Waals surface area contributed by atoms with Gasteiger partial charge in [0, 0.05) is 0 Å². The SMILES string of the molecule is O=C/C=C/C=C/c1cccc(/C=C/C=C/C=O)c1. The van der Waals surface area contributed by atoms with Crippen molar-refractivity contribution in [3.05, 3.63) is 71.8 Å². The third kappa shape index (κ3) is 5.56. The highest BCUT2D eigenvalue weighted by Crippen LogP contribution is 2.09. The number of rotatable bonds is 6. The minimum atomic E-state index is 0.739. The van der Waals surface area contributed by atoms with Crippen LogP contribution in [0.25, 0.3) is 12.2 Å². The normalized spacial score (nSPS) is 12.0. The molecule has 0 unspecified atom stereocenters. The molecule has 0 aliphatic rings. The first-order valence-electron chi connectivity index (χ1n) is 5.54. The molecule has 0 saturated heterocycles. The fourth-order valence-electron chi connectivity index (χ4n) is 1.32. The smallest absolute Gasteiger partial charge is 0.142 e. The van der Waals surface area contributed by atoms with E-state index in [9.17, 15) is 9.59 Å². The van der Waals surface area contributed by atoms with Crippen LogP contribution in [0.2, 0.25) is 0 Å². The van der Waals surface area contributed by atoms with Gasteiger partial charge in [-0.2, -0.15) is 0 Å². The molecule has 1 aromatic carbocycles. The van der Waals surface area contributed by atoms with Crippen molar-refractivity contribution in [1.29, 1.82) is 0 Å². The molecule has 90 valence electrons. The second kappa shape index (κ2) is 8.65. The predicted molar refractivity (Wildman–Crippen MR) is 74.9 cm³/mol. The molecule has 0 aliphatic heterocycles. The third-order valence-electron chi connectivity index (χ3n) is 2.09. The zero-order chi connectivity index (χ0) is 13.1. The lowest BCUT2D eigenvalue weighted by Gasteiger charge is -1.95. The summed E-state index contributed by atoms with van der Waals surface area (Å²) in [6.07, 6.45) is 15.2. The van der Waals surface area contributed by atoms with Crippen molar-refractivity contribution in [3.63, 3.8) is 0 Å². The van der Waals surface area contributed by atoms with Crippen LogP contribution in [0.5, 0.6) is 0 Å². The molecule has 18 heavy (non-hydrogen) atoms. The van der Waals surface area contributed by atoms with Gasteiger partial charge in [0.25, 0.3) is 0 Å². The van der Waals surface area contributed by atoms with Crippen molar-refractivity contribution in [3.8, 4) is 0 Å². The monoisotopic (exact) mass is 238 g/mol. The molecule has 2 heteroatoms. The van der Waals surface area contributed by atoms with E-state index in [0.717, 1.165) is 23.7 Å². The van der Waals surface area contributed by atoms with E-state index < -0.39 is 0 Å². The highest BCUT2D eigenvalue weighted by Gasteiger charge is 1.88. The molecule has 0 fully saturated rings. The molecule has 0 amide bonds. The third-order valence-corrected chi connectivity index (χ3v) is 2.09. The first-order valence-corrected chi connectivity index (χ1v) is 5.54. The fraction of sp³-hybridized carbons (Fsp3) is 0. The van der Waals surface area contributed by atoms with Crippen molar-refractivity contribution >= 4 is 24.7 Å². The standard InChI is InChI=1S/C16H14O2/c17-12-5-1-3-8-15-10-7-11-16(14-15)9-4-2-6-13-18/h1-14H/b5-1+,6-2+,8-3+,9-4+. The van der Waals surface area contributed by atoms with Gasteiger partial charge in [0.2, 0.25) is 0 Å². The summed E-state index contributed by atoms with van der Waals surface area (Å²) in [5.74, 6) is 0. The Hall–Kier alpha value is -2.48. The Bertz CT molecular complexity index is 462. The zero-order valence-corrected chi connectivity index (χ0v) is 9.90. The van der Waals surface area contributed by atoms with Gasteiger partial charge in [-0.15, -0.1) is 0 Å². The molecule has 0 N–H and O–H groups in total. The van der Waals surface area contributed by atoms with E-state index >= 15 is 0 Å². The van der Waals surface area contributed by atoms with E-state index in [1.54, 1.807) is 12.2 Å². The van der Waals surface area contributed by atoms with Gasteiger partial charge in [0.1, 0.15) is 12.6 Å². The van der Waals surface area contributed by atoms with Crippen LogP contribution in [-0.2, 0) is 9.59 Å². The van der Waals surface area contributed by atoms with Crippen LogP contribution < -0.4 is 0 Å². The molecule has 0 aliphatic carbocycles. The number of hydrogen-bond acceptors (Lipinski definition) is 2. The number of allylic oxidation sites excluding steroid dienone is 6. The largest absolute Gasteiger partial charge is 0.299 e. The second-order valence-electron chi connectivity index (χ2n) is 3.43. The summed E-state index contributed by atoms with van der Waals surface area (Å²) in [6, 6.07) is 7.91. The maximum absolute atomic E-state index is 10.1. The van der Waals surface area contributed by atoms with Gasteiger partial charge in [0.05, 0.1) is 0 Å². The lowest BCUT2D eigenvalue weighted by Crippen LogP contribution is -1.74. The summed E-state index contributed by atoms with van der Waals surface area (Å²) in [4.78, 5) is 20.2. The maximum atomic E-state index is 10.1. The molecule has 1 aromatic rings. The summed E-state index contributed by atoms with van der Waals surface area (Å²) < 4.78 is 0. The van der Waals surface area contributed by atoms with Gasteiger partial charge in [0.15, 0.2) is 0 Å². The number of benzene rings is 1. The van der Waals surface area contributed by atoms with Crippen LogP contribution in [0.1, 0.15) is 11.1 Å². The average Bonchev–Trinajstić information content (AvgIpc) is 2.40. The van der Waals surface area contributed by atoms with Crippen molar-refractivity contribution in [2.45, 2.75) is 0 Å². The van der Waals surface area contributed by atoms with Crippen LogP contribution >= 0.6 is 0 Å². The summed E-state index contributed by atoms with van der Waals surface area (Å²) in [5.41, 5.74) is 2.10. The van der Waals surface area contributed by atoms with Gasteiger partial charge in [-0.1, -0.05) is 54.7 Å². The van der Waals surface area contributed by atoms with Crippen LogP contribution in [0.3, 0.4) is 0 Å². The molecule has 0 heterocycles. The molecular formula is C16H14O2. The Balaban J connectivity index is 2.72. The molecular weight excluding hydrogens is 224 g/mol. The molecule has 0 spiro atoms. The second-order valence-corrected chi connectivity index (χ2v) is 3.43. The average molecular weight is 238 g/mol. The van der Waals surface area contributed by atoms with Crippen LogP contribution in [-0.4, -0.2) is 12.6 Å². The van der Waals surface area contributed by atoms with Gasteiger partial charge in [-0.25, -0.2) is 0 Å². The molecule has 0 aromatic heterocycles. The Kier molecular flexibility index (Phi) is 6.53. The maximum Gasteiger partial charge on any atom is 0.142 e. The first-order chi connectivity index (χ1) is 8.86. The summed E-state index contributed by atoms with van der Waals surface area (Å²) in [5, 5.41) is 0. The van der Waals surface area contributed by atoms with Gasteiger partial charge in [-0.3, -0.25) is 9.59 Å². The minimum Gasteiger partial charge on any atom is -0.299 e. The molecule has 0 bridgehead atoms. The number of carbonyl (C=O) groups excluding carboxylic acids is 2. The lowest BCUT2D eigenvalue weighted by molar-refractivity contribution is -0.104. The van der Waals surface area contributed by atoms with Gasteiger partial charge >= 0.3 is 0 Å². The molecule has 0 atom stereocenters. The number of aldehydes is 2. The van der Waals surface area contributed by atoms with Crippen molar-refractivity contribution in [1.82, 2.24) is 0 Å². The minimum absolute atomic E-state index is 0.739. The number of carbonyl (C=O) groups is 2. The summed E-state index contributed by atoms with van der Waals surface area (Å²) in [6.45, 7) is 0. The van der Waals surface area contributed by atoms with E-state index in [0.29, 0.717) is 0 Å². The molecule has 0 saturated carbocycles. The summed E-state index contributed by atoms with van der Waals surface area (Å²) in [7, 11) is 0. The predicted octanol–water partition coefficient (Wildman–Crippen LogP) is 3.22. The Morgan fingerprint density at radius 2 is 1.17 bits per heavy atom. The quantitative estimate of drug-likeness (QED) is 0.433. The lowest BCUT2D eigenvalue weighted by atomic mass is 10.1. The fourth-order valence-corrected chi connectivity index (χ4v) is 1.32. The zero-order valence-electron chi connectivity index (χ0n) is 9.90. The van der Waals surface area contributed by atoms with E-state index in [4.69, 9.17) is 0 Å². The topological polar surface area (TPSA) is 34.1 Å². The van der Waals surface area contributed by atoms with Gasteiger partial charge in [-0.05, 0) is 29.3 Å². The molecule has 2 nitrogen and oxygen atoms in total. The molecule has 0 radical (unpaired) electrons. The van der Waals surface area contributed by atoms with Crippen molar-refractivity contribution < 1.29 is 9.59 Å².